The zero-order valence-electron chi connectivity index (χ0n) is 11.9. The van der Waals surface area contributed by atoms with Gasteiger partial charge in [-0.2, -0.15) is 5.10 Å². The summed E-state index contributed by atoms with van der Waals surface area (Å²) < 4.78 is 1.69. The molecule has 0 fully saturated rings. The van der Waals surface area contributed by atoms with Crippen LogP contribution in [0.15, 0.2) is 0 Å². The highest BCUT2D eigenvalue weighted by atomic mass is 16.2. The lowest BCUT2D eigenvalue weighted by molar-refractivity contribution is -0.124. The van der Waals surface area contributed by atoms with E-state index in [1.807, 2.05) is 27.7 Å². The van der Waals surface area contributed by atoms with Crippen LogP contribution in [0.2, 0.25) is 0 Å². The van der Waals surface area contributed by atoms with E-state index in [0.29, 0.717) is 5.69 Å². The number of rotatable bonds is 5. The third-order valence-corrected chi connectivity index (χ3v) is 3.24. The Balaban J connectivity index is 2.77. The van der Waals surface area contributed by atoms with Crippen LogP contribution in [-0.2, 0) is 4.79 Å². The first-order valence-electron chi connectivity index (χ1n) is 6.50. The molecule has 0 saturated heterocycles. The Labute approximate surface area is 109 Å². The van der Waals surface area contributed by atoms with E-state index in [1.165, 1.54) is 0 Å². The molecular formula is C13H24N4O. The van der Waals surface area contributed by atoms with Crippen molar-refractivity contribution < 1.29 is 4.79 Å². The number of nitrogens with one attached hydrogen (secondary N) is 1. The molecule has 2 atom stereocenters. The number of nitrogen functional groups attached to an aromatic ring is 1. The summed E-state index contributed by atoms with van der Waals surface area (Å²) in [5.74, 6) is -0.0125. The van der Waals surface area contributed by atoms with Crippen LogP contribution in [0, 0.1) is 13.8 Å². The van der Waals surface area contributed by atoms with Gasteiger partial charge in [0.2, 0.25) is 5.91 Å². The first kappa shape index (κ1) is 14.5. The van der Waals surface area contributed by atoms with Crippen molar-refractivity contribution in [1.29, 1.82) is 0 Å². The van der Waals surface area contributed by atoms with Gasteiger partial charge in [0.05, 0.1) is 17.1 Å². The molecule has 2 unspecified atom stereocenters. The number of aryl methyl sites for hydroxylation is 1. The van der Waals surface area contributed by atoms with Crippen molar-refractivity contribution >= 4 is 11.6 Å². The van der Waals surface area contributed by atoms with E-state index in [4.69, 9.17) is 5.73 Å². The van der Waals surface area contributed by atoms with E-state index in [0.717, 1.165) is 24.2 Å². The Morgan fingerprint density at radius 2 is 2.06 bits per heavy atom. The van der Waals surface area contributed by atoms with Crippen LogP contribution in [0.5, 0.6) is 0 Å². The second kappa shape index (κ2) is 5.89. The van der Waals surface area contributed by atoms with Gasteiger partial charge in [-0.15, -0.1) is 0 Å². The molecule has 0 aliphatic carbocycles. The zero-order chi connectivity index (χ0) is 13.9. The SMILES string of the molecule is CCCC(C)NC(=O)C(C)n1nc(C)c(N)c1C. The normalized spacial score (nSPS) is 14.3. The number of hydrogen-bond donors (Lipinski definition) is 2. The summed E-state index contributed by atoms with van der Waals surface area (Å²) in [5.41, 5.74) is 8.16. The molecule has 5 heteroatoms. The first-order valence-corrected chi connectivity index (χ1v) is 6.50. The van der Waals surface area contributed by atoms with Crippen molar-refractivity contribution in [3.05, 3.63) is 11.4 Å². The van der Waals surface area contributed by atoms with Crippen LogP contribution < -0.4 is 11.1 Å². The molecule has 0 aliphatic heterocycles. The van der Waals surface area contributed by atoms with E-state index < -0.39 is 0 Å². The largest absolute Gasteiger partial charge is 0.396 e. The van der Waals surface area contributed by atoms with Gasteiger partial charge in [-0.25, -0.2) is 0 Å². The van der Waals surface area contributed by atoms with E-state index in [-0.39, 0.29) is 18.0 Å². The van der Waals surface area contributed by atoms with E-state index in [1.54, 1.807) is 4.68 Å². The van der Waals surface area contributed by atoms with Gasteiger partial charge in [0.1, 0.15) is 6.04 Å². The fourth-order valence-electron chi connectivity index (χ4n) is 2.03. The average Bonchev–Trinajstić information content (AvgIpc) is 2.56. The maximum Gasteiger partial charge on any atom is 0.244 e. The number of nitrogens with two attached hydrogens (primary N) is 1. The molecule has 0 bridgehead atoms. The monoisotopic (exact) mass is 252 g/mol. The molecule has 5 nitrogen and oxygen atoms in total. The van der Waals surface area contributed by atoms with Gasteiger partial charge < -0.3 is 11.1 Å². The molecule has 0 aliphatic rings. The molecule has 102 valence electrons. The Morgan fingerprint density at radius 3 is 2.50 bits per heavy atom. The molecule has 1 amide bonds. The maximum absolute atomic E-state index is 12.1. The van der Waals surface area contributed by atoms with E-state index in [9.17, 15) is 4.79 Å². The Morgan fingerprint density at radius 1 is 1.44 bits per heavy atom. The lowest BCUT2D eigenvalue weighted by Crippen LogP contribution is -2.37. The fraction of sp³-hybridized carbons (Fsp3) is 0.692. The highest BCUT2D eigenvalue weighted by Gasteiger charge is 2.20. The molecule has 0 spiro atoms. The number of hydrogen-bond acceptors (Lipinski definition) is 3. The molecule has 0 radical (unpaired) electrons. The van der Waals surface area contributed by atoms with Gasteiger partial charge in [-0.05, 0) is 34.1 Å². The average molecular weight is 252 g/mol. The quantitative estimate of drug-likeness (QED) is 0.841. The summed E-state index contributed by atoms with van der Waals surface area (Å²) in [4.78, 5) is 12.1. The molecule has 1 heterocycles. The van der Waals surface area contributed by atoms with Gasteiger partial charge in [0.15, 0.2) is 0 Å². The standard InChI is InChI=1S/C13H24N4O/c1-6-7-8(2)15-13(18)11(5)17-10(4)12(14)9(3)16-17/h8,11H,6-7,14H2,1-5H3,(H,15,18). The lowest BCUT2D eigenvalue weighted by atomic mass is 10.2. The van der Waals surface area contributed by atoms with Crippen LogP contribution in [0.4, 0.5) is 5.69 Å². The minimum Gasteiger partial charge on any atom is -0.396 e. The minimum absolute atomic E-state index is 0.0125. The van der Waals surface area contributed by atoms with E-state index >= 15 is 0 Å². The predicted molar refractivity (Wildman–Crippen MR) is 73.3 cm³/mol. The summed E-state index contributed by atoms with van der Waals surface area (Å²) in [6.07, 6.45) is 2.04. The first-order chi connectivity index (χ1) is 8.38. The molecular weight excluding hydrogens is 228 g/mol. The summed E-state index contributed by atoms with van der Waals surface area (Å²) in [6.45, 7) is 9.70. The molecule has 1 aromatic rings. The van der Waals surface area contributed by atoms with Crippen molar-refractivity contribution in [2.24, 2.45) is 0 Å². The highest BCUT2D eigenvalue weighted by Crippen LogP contribution is 2.19. The molecule has 0 saturated carbocycles. The van der Waals surface area contributed by atoms with Crippen molar-refractivity contribution in [2.75, 3.05) is 5.73 Å². The maximum atomic E-state index is 12.1. The van der Waals surface area contributed by atoms with Gasteiger partial charge in [0.25, 0.3) is 0 Å². The molecule has 18 heavy (non-hydrogen) atoms. The molecule has 1 aromatic heterocycles. The van der Waals surface area contributed by atoms with Gasteiger partial charge in [0, 0.05) is 6.04 Å². The second-order valence-corrected chi connectivity index (χ2v) is 4.90. The molecule has 3 N–H and O–H groups in total. The topological polar surface area (TPSA) is 72.9 Å². The second-order valence-electron chi connectivity index (χ2n) is 4.90. The zero-order valence-corrected chi connectivity index (χ0v) is 11.9. The number of anilines is 1. The minimum atomic E-state index is -0.333. The van der Waals surface area contributed by atoms with Gasteiger partial charge >= 0.3 is 0 Å². The van der Waals surface area contributed by atoms with Gasteiger partial charge in [-0.3, -0.25) is 9.48 Å². The molecule has 0 aromatic carbocycles. The number of amides is 1. The Bertz CT molecular complexity index is 425. The number of aromatic nitrogens is 2. The van der Waals surface area contributed by atoms with Crippen molar-refractivity contribution in [3.8, 4) is 0 Å². The fourth-order valence-corrected chi connectivity index (χ4v) is 2.03. The summed E-state index contributed by atoms with van der Waals surface area (Å²) in [7, 11) is 0. The van der Waals surface area contributed by atoms with Crippen LogP contribution in [0.3, 0.4) is 0 Å². The predicted octanol–water partition coefficient (Wildman–Crippen LogP) is 1.95. The molecule has 1 rings (SSSR count). The van der Waals surface area contributed by atoms with Crippen molar-refractivity contribution in [1.82, 2.24) is 15.1 Å². The van der Waals surface area contributed by atoms with Crippen LogP contribution in [-0.4, -0.2) is 21.7 Å². The summed E-state index contributed by atoms with van der Waals surface area (Å²) in [5, 5.41) is 7.31. The van der Waals surface area contributed by atoms with E-state index in [2.05, 4.69) is 17.3 Å². The summed E-state index contributed by atoms with van der Waals surface area (Å²) >= 11 is 0. The number of nitrogens with zero attached hydrogens (tertiary/aromatic N) is 2. The third kappa shape index (κ3) is 3.03. The van der Waals surface area contributed by atoms with Gasteiger partial charge in [-0.1, -0.05) is 13.3 Å². The Hall–Kier alpha value is -1.52. The highest BCUT2D eigenvalue weighted by molar-refractivity contribution is 5.80. The van der Waals surface area contributed by atoms with Crippen molar-refractivity contribution in [2.45, 2.75) is 59.5 Å². The Kier molecular flexibility index (Phi) is 4.76. The van der Waals surface area contributed by atoms with Crippen LogP contribution in [0.25, 0.3) is 0 Å². The lowest BCUT2D eigenvalue weighted by Gasteiger charge is -2.18. The number of carbonyl (C=O) groups is 1. The smallest absolute Gasteiger partial charge is 0.244 e. The van der Waals surface area contributed by atoms with Crippen molar-refractivity contribution in [3.63, 3.8) is 0 Å². The van der Waals surface area contributed by atoms with Crippen LogP contribution >= 0.6 is 0 Å². The van der Waals surface area contributed by atoms with Crippen LogP contribution in [0.1, 0.15) is 51.0 Å². The number of carbonyl (C=O) groups excluding carboxylic acids is 1. The summed E-state index contributed by atoms with van der Waals surface area (Å²) in [6, 6.07) is -0.139. The third-order valence-electron chi connectivity index (χ3n) is 3.24.